The van der Waals surface area contributed by atoms with Crippen LogP contribution in [0.4, 0.5) is 11.4 Å². The Bertz CT molecular complexity index is 530. The Morgan fingerprint density at radius 2 is 2.00 bits per heavy atom. The van der Waals surface area contributed by atoms with Gasteiger partial charge in [-0.1, -0.05) is 36.0 Å². The molecule has 0 aromatic heterocycles. The fourth-order valence-corrected chi connectivity index (χ4v) is 2.60. The van der Waals surface area contributed by atoms with E-state index in [2.05, 4.69) is 72.6 Å². The van der Waals surface area contributed by atoms with E-state index in [0.29, 0.717) is 0 Å². The Balaban J connectivity index is 2.49. The minimum absolute atomic E-state index is 0.143. The summed E-state index contributed by atoms with van der Waals surface area (Å²) < 4.78 is 1.07. The predicted octanol–water partition coefficient (Wildman–Crippen LogP) is 5.00. The highest BCUT2D eigenvalue weighted by Gasteiger charge is 2.28. The first kappa shape index (κ1) is 13.2. The number of anilines is 2. The van der Waals surface area contributed by atoms with Crippen LogP contribution in [0.3, 0.4) is 0 Å². The van der Waals surface area contributed by atoms with Crippen molar-refractivity contribution >= 4 is 32.9 Å². The van der Waals surface area contributed by atoms with Gasteiger partial charge in [-0.2, -0.15) is 0 Å². The number of halogens is 1. The molecule has 0 saturated carbocycles. The minimum Gasteiger partial charge on any atom is -0.373 e. The Labute approximate surface area is 117 Å². The fraction of sp³-hybridized carbons (Fsp3) is 0.333. The zero-order chi connectivity index (χ0) is 13.5. The largest absolute Gasteiger partial charge is 0.373 e. The van der Waals surface area contributed by atoms with Crippen LogP contribution in [-0.4, -0.2) is 5.54 Å². The lowest BCUT2D eigenvalue weighted by atomic mass is 9.95. The number of allylic oxidation sites excluding steroid dienone is 1. The zero-order valence-corrected chi connectivity index (χ0v) is 12.7. The molecule has 1 aromatic rings. The van der Waals surface area contributed by atoms with Crippen LogP contribution < -0.4 is 10.6 Å². The number of benzene rings is 1. The Morgan fingerprint density at radius 1 is 1.33 bits per heavy atom. The number of hydrogen-bond donors (Lipinski definition) is 2. The molecule has 0 unspecified atom stereocenters. The molecular formula is C15H19BrN2. The second kappa shape index (κ2) is 4.47. The van der Waals surface area contributed by atoms with Gasteiger partial charge >= 0.3 is 0 Å². The van der Waals surface area contributed by atoms with Crippen molar-refractivity contribution in [3.63, 3.8) is 0 Å². The fourth-order valence-electron chi connectivity index (χ4n) is 1.97. The average molecular weight is 307 g/mol. The molecule has 0 radical (unpaired) electrons. The van der Waals surface area contributed by atoms with Crippen molar-refractivity contribution in [2.45, 2.75) is 32.7 Å². The van der Waals surface area contributed by atoms with Crippen LogP contribution in [0.2, 0.25) is 0 Å². The van der Waals surface area contributed by atoms with E-state index in [9.17, 15) is 0 Å². The quantitative estimate of drug-likeness (QED) is 0.803. The molecule has 1 aromatic carbocycles. The topological polar surface area (TPSA) is 24.1 Å². The SMILES string of the molecule is C=C(CC)c1cc2c(cc1Br)NC(C)(C)C(=C)N2. The maximum atomic E-state index is 4.10. The first-order valence-electron chi connectivity index (χ1n) is 6.11. The third kappa shape index (κ3) is 2.19. The van der Waals surface area contributed by atoms with Crippen molar-refractivity contribution in [1.82, 2.24) is 0 Å². The summed E-state index contributed by atoms with van der Waals surface area (Å²) in [5, 5.41) is 6.87. The summed E-state index contributed by atoms with van der Waals surface area (Å²) in [6.45, 7) is 14.5. The second-order valence-electron chi connectivity index (χ2n) is 5.19. The van der Waals surface area contributed by atoms with Gasteiger partial charge in [0.2, 0.25) is 0 Å². The molecule has 18 heavy (non-hydrogen) atoms. The molecule has 0 amide bonds. The summed E-state index contributed by atoms with van der Waals surface area (Å²) in [5.74, 6) is 0. The molecule has 2 rings (SSSR count). The van der Waals surface area contributed by atoms with Gasteiger partial charge in [0.15, 0.2) is 0 Å². The molecule has 3 heteroatoms. The Hall–Kier alpha value is -1.22. The standard InChI is InChI=1S/C15H19BrN2/c1-6-9(2)11-7-13-14(8-12(11)16)18-15(4,5)10(3)17-13/h7-8,17-18H,2-3,6H2,1,4-5H3. The molecule has 0 aliphatic carbocycles. The van der Waals surface area contributed by atoms with E-state index in [1.54, 1.807) is 0 Å². The van der Waals surface area contributed by atoms with Gasteiger partial charge in [-0.05, 0) is 43.5 Å². The summed E-state index contributed by atoms with van der Waals surface area (Å²) in [6, 6.07) is 4.23. The van der Waals surface area contributed by atoms with Gasteiger partial charge in [-0.25, -0.2) is 0 Å². The number of rotatable bonds is 2. The molecule has 2 N–H and O–H groups in total. The lowest BCUT2D eigenvalue weighted by Crippen LogP contribution is -2.39. The van der Waals surface area contributed by atoms with Crippen LogP contribution in [0.5, 0.6) is 0 Å². The van der Waals surface area contributed by atoms with E-state index in [0.717, 1.165) is 39.1 Å². The summed E-state index contributed by atoms with van der Waals surface area (Å²) in [7, 11) is 0. The van der Waals surface area contributed by atoms with Gasteiger partial charge in [0.1, 0.15) is 0 Å². The van der Waals surface area contributed by atoms with Gasteiger partial charge in [0, 0.05) is 10.2 Å². The summed E-state index contributed by atoms with van der Waals surface area (Å²) in [4.78, 5) is 0. The molecule has 1 aliphatic heterocycles. The Morgan fingerprint density at radius 3 is 2.61 bits per heavy atom. The molecular weight excluding hydrogens is 288 g/mol. The van der Waals surface area contributed by atoms with Gasteiger partial charge in [0.05, 0.1) is 16.9 Å². The van der Waals surface area contributed by atoms with E-state index in [-0.39, 0.29) is 5.54 Å². The smallest absolute Gasteiger partial charge is 0.0712 e. The number of hydrogen-bond acceptors (Lipinski definition) is 2. The van der Waals surface area contributed by atoms with Crippen LogP contribution >= 0.6 is 15.9 Å². The number of fused-ring (bicyclic) bond motifs is 1. The molecule has 1 heterocycles. The maximum Gasteiger partial charge on any atom is 0.0712 e. The molecule has 0 saturated heterocycles. The van der Waals surface area contributed by atoms with Gasteiger partial charge in [-0.3, -0.25) is 0 Å². The highest BCUT2D eigenvalue weighted by atomic mass is 79.9. The van der Waals surface area contributed by atoms with Crippen LogP contribution in [0.15, 0.2) is 35.5 Å². The Kier molecular flexibility index (Phi) is 3.28. The normalized spacial score (nSPS) is 16.6. The molecule has 2 nitrogen and oxygen atoms in total. The van der Waals surface area contributed by atoms with Crippen molar-refractivity contribution in [3.05, 3.63) is 41.0 Å². The van der Waals surface area contributed by atoms with E-state index >= 15 is 0 Å². The average Bonchev–Trinajstić information content (AvgIpc) is 2.29. The highest BCUT2D eigenvalue weighted by molar-refractivity contribution is 9.10. The van der Waals surface area contributed by atoms with Gasteiger partial charge < -0.3 is 10.6 Å². The van der Waals surface area contributed by atoms with Crippen LogP contribution in [0, 0.1) is 0 Å². The molecule has 0 atom stereocenters. The lowest BCUT2D eigenvalue weighted by Gasteiger charge is -2.37. The second-order valence-corrected chi connectivity index (χ2v) is 6.04. The third-order valence-corrected chi connectivity index (χ3v) is 4.06. The van der Waals surface area contributed by atoms with Crippen LogP contribution in [0.1, 0.15) is 32.8 Å². The summed E-state index contributed by atoms with van der Waals surface area (Å²) in [6.07, 6.45) is 0.942. The minimum atomic E-state index is -0.143. The molecule has 0 spiro atoms. The van der Waals surface area contributed by atoms with E-state index < -0.39 is 0 Å². The van der Waals surface area contributed by atoms with Crippen molar-refractivity contribution in [3.8, 4) is 0 Å². The molecule has 0 bridgehead atoms. The van der Waals surface area contributed by atoms with E-state index in [1.807, 2.05) is 0 Å². The summed E-state index contributed by atoms with van der Waals surface area (Å²) >= 11 is 3.62. The monoisotopic (exact) mass is 306 g/mol. The van der Waals surface area contributed by atoms with Crippen LogP contribution in [-0.2, 0) is 0 Å². The van der Waals surface area contributed by atoms with Crippen molar-refractivity contribution in [1.29, 1.82) is 0 Å². The van der Waals surface area contributed by atoms with Gasteiger partial charge in [-0.15, -0.1) is 0 Å². The summed E-state index contributed by atoms with van der Waals surface area (Å²) in [5.41, 5.74) is 5.26. The molecule has 0 fully saturated rings. The molecule has 1 aliphatic rings. The van der Waals surface area contributed by atoms with E-state index in [1.165, 1.54) is 0 Å². The van der Waals surface area contributed by atoms with Crippen LogP contribution in [0.25, 0.3) is 5.57 Å². The predicted molar refractivity (Wildman–Crippen MR) is 83.9 cm³/mol. The highest BCUT2D eigenvalue weighted by Crippen LogP contribution is 2.40. The third-order valence-electron chi connectivity index (χ3n) is 3.40. The maximum absolute atomic E-state index is 4.10. The van der Waals surface area contributed by atoms with Gasteiger partial charge in [0.25, 0.3) is 0 Å². The lowest BCUT2D eigenvalue weighted by molar-refractivity contribution is 0.663. The zero-order valence-electron chi connectivity index (χ0n) is 11.2. The number of nitrogens with one attached hydrogen (secondary N) is 2. The van der Waals surface area contributed by atoms with Crippen molar-refractivity contribution in [2.24, 2.45) is 0 Å². The van der Waals surface area contributed by atoms with E-state index in [4.69, 9.17) is 0 Å². The molecule has 96 valence electrons. The van der Waals surface area contributed by atoms with Crippen molar-refractivity contribution in [2.75, 3.05) is 10.6 Å². The first-order valence-corrected chi connectivity index (χ1v) is 6.90. The van der Waals surface area contributed by atoms with Crippen molar-refractivity contribution < 1.29 is 0 Å². The first-order chi connectivity index (χ1) is 8.35.